The molecule has 22 heavy (non-hydrogen) atoms. The maximum atomic E-state index is 13.0. The highest BCUT2D eigenvalue weighted by molar-refractivity contribution is 5.95. The normalized spacial score (nSPS) is 54.6. The number of carbonyl (C=O) groups excluding carboxylic acids is 2. The fourth-order valence-corrected chi connectivity index (χ4v) is 6.83. The second kappa shape index (κ2) is 4.66. The Morgan fingerprint density at radius 1 is 1.09 bits per heavy atom. The van der Waals surface area contributed by atoms with Gasteiger partial charge in [0.15, 0.2) is 0 Å². The molecule has 0 unspecified atom stereocenters. The van der Waals surface area contributed by atoms with Gasteiger partial charge in [0.2, 0.25) is 0 Å². The summed E-state index contributed by atoms with van der Waals surface area (Å²) < 4.78 is 0. The third-order valence-corrected chi connectivity index (χ3v) is 8.04. The fraction of sp³-hybridized carbons (Fsp3) is 0.895. The van der Waals surface area contributed by atoms with Crippen LogP contribution >= 0.6 is 0 Å². The van der Waals surface area contributed by atoms with Crippen molar-refractivity contribution in [3.8, 4) is 0 Å². The largest absolute Gasteiger partial charge is 0.393 e. The lowest BCUT2D eigenvalue weighted by Crippen LogP contribution is -2.57. The van der Waals surface area contributed by atoms with Gasteiger partial charge in [-0.2, -0.15) is 0 Å². The van der Waals surface area contributed by atoms with Gasteiger partial charge >= 0.3 is 0 Å². The van der Waals surface area contributed by atoms with Crippen LogP contribution in [-0.4, -0.2) is 22.8 Å². The number of carbonyl (C=O) groups is 2. The Hall–Kier alpha value is -0.700. The molecule has 1 N–H and O–H groups in total. The van der Waals surface area contributed by atoms with Crippen molar-refractivity contribution >= 4 is 11.6 Å². The molecule has 0 radical (unpaired) electrons. The summed E-state index contributed by atoms with van der Waals surface area (Å²) in [7, 11) is 0. The Bertz CT molecular complexity index is 527. The third kappa shape index (κ3) is 1.78. The van der Waals surface area contributed by atoms with Crippen molar-refractivity contribution in [2.24, 2.45) is 34.5 Å². The Morgan fingerprint density at radius 2 is 1.86 bits per heavy atom. The van der Waals surface area contributed by atoms with Gasteiger partial charge in [-0.25, -0.2) is 0 Å². The summed E-state index contributed by atoms with van der Waals surface area (Å²) in [6.07, 6.45) is 6.86. The van der Waals surface area contributed by atoms with E-state index >= 15 is 0 Å². The maximum absolute atomic E-state index is 13.0. The highest BCUT2D eigenvalue weighted by Crippen LogP contribution is 2.64. The van der Waals surface area contributed by atoms with Gasteiger partial charge in [0, 0.05) is 24.2 Å². The minimum absolute atomic E-state index is 0.0617. The summed E-state index contributed by atoms with van der Waals surface area (Å²) in [5, 5.41) is 10.0. The molecule has 122 valence electrons. The Labute approximate surface area is 132 Å². The average Bonchev–Trinajstić information content (AvgIpc) is 2.75. The summed E-state index contributed by atoms with van der Waals surface area (Å²) in [6, 6.07) is 0. The molecule has 3 nitrogen and oxygen atoms in total. The Balaban J connectivity index is 1.71. The van der Waals surface area contributed by atoms with E-state index in [2.05, 4.69) is 13.8 Å². The molecule has 0 saturated heterocycles. The van der Waals surface area contributed by atoms with E-state index in [9.17, 15) is 14.7 Å². The fourth-order valence-electron chi connectivity index (χ4n) is 6.83. The third-order valence-electron chi connectivity index (χ3n) is 8.04. The van der Waals surface area contributed by atoms with Gasteiger partial charge in [-0.1, -0.05) is 13.8 Å². The zero-order chi connectivity index (χ0) is 15.7. The first kappa shape index (κ1) is 14.9. The molecule has 4 saturated carbocycles. The molecule has 0 spiro atoms. The number of hydrogen-bond donors (Lipinski definition) is 1. The summed E-state index contributed by atoms with van der Waals surface area (Å²) in [6.45, 7) is 4.36. The van der Waals surface area contributed by atoms with Crippen LogP contribution in [0.2, 0.25) is 0 Å². The molecule has 0 bridgehead atoms. The first-order valence-corrected chi connectivity index (χ1v) is 9.10. The van der Waals surface area contributed by atoms with E-state index in [0.29, 0.717) is 42.2 Å². The molecule has 0 aromatic rings. The summed E-state index contributed by atoms with van der Waals surface area (Å²) in [4.78, 5) is 25.4. The van der Waals surface area contributed by atoms with Gasteiger partial charge in [-0.15, -0.1) is 0 Å². The first-order valence-electron chi connectivity index (χ1n) is 9.10. The standard InChI is InChI=1S/C19H28O3/c1-18-8-7-12(20)9-11(18)3-4-13-14-5-6-16(22)19(14,2)10-15(21)17(13)18/h11-14,17,20H,3-10H2,1-2H3/t11-,12-,13+,14+,17-,18-,19-/m0/s1. The van der Waals surface area contributed by atoms with E-state index in [0.717, 1.165) is 38.5 Å². The predicted octanol–water partition coefficient (Wildman–Crippen LogP) is 3.14. The molecule has 0 amide bonds. The number of ketones is 2. The minimum atomic E-state index is -0.365. The molecule has 0 aromatic carbocycles. The van der Waals surface area contributed by atoms with Crippen molar-refractivity contribution in [1.82, 2.24) is 0 Å². The molecule has 4 aliphatic rings. The minimum Gasteiger partial charge on any atom is -0.393 e. The van der Waals surface area contributed by atoms with Crippen LogP contribution in [0.4, 0.5) is 0 Å². The average molecular weight is 304 g/mol. The van der Waals surface area contributed by atoms with Crippen molar-refractivity contribution in [3.05, 3.63) is 0 Å². The second-order valence-corrected chi connectivity index (χ2v) is 8.98. The van der Waals surface area contributed by atoms with Gasteiger partial charge in [0.05, 0.1) is 6.10 Å². The molecule has 4 rings (SSSR count). The molecule has 0 aromatic heterocycles. The van der Waals surface area contributed by atoms with Crippen molar-refractivity contribution in [1.29, 1.82) is 0 Å². The van der Waals surface area contributed by atoms with Crippen molar-refractivity contribution in [2.75, 3.05) is 0 Å². The molecule has 4 aliphatic carbocycles. The lowest BCUT2D eigenvalue weighted by molar-refractivity contribution is -0.162. The number of Topliss-reactive ketones (excluding diaryl/α,β-unsaturated/α-hetero) is 2. The summed E-state index contributed by atoms with van der Waals surface area (Å²) in [5.74, 6) is 2.14. The molecule has 0 heterocycles. The van der Waals surface area contributed by atoms with Gasteiger partial charge in [-0.05, 0) is 61.7 Å². The lowest BCUT2D eigenvalue weighted by Gasteiger charge is -2.58. The number of rotatable bonds is 0. The van der Waals surface area contributed by atoms with Crippen LogP contribution in [0.5, 0.6) is 0 Å². The van der Waals surface area contributed by atoms with Crippen LogP contribution in [0.15, 0.2) is 0 Å². The zero-order valence-electron chi connectivity index (χ0n) is 13.8. The van der Waals surface area contributed by atoms with Crippen molar-refractivity contribution in [3.63, 3.8) is 0 Å². The molecule has 7 atom stereocenters. The van der Waals surface area contributed by atoms with Crippen molar-refractivity contribution < 1.29 is 14.7 Å². The molecular formula is C19H28O3. The van der Waals surface area contributed by atoms with E-state index in [1.807, 2.05) is 0 Å². The number of fused-ring (bicyclic) bond motifs is 5. The van der Waals surface area contributed by atoms with E-state index in [1.54, 1.807) is 0 Å². The van der Waals surface area contributed by atoms with Gasteiger partial charge < -0.3 is 5.11 Å². The van der Waals surface area contributed by atoms with Gasteiger partial charge in [-0.3, -0.25) is 9.59 Å². The van der Waals surface area contributed by atoms with Crippen LogP contribution < -0.4 is 0 Å². The number of hydrogen-bond acceptors (Lipinski definition) is 3. The summed E-state index contributed by atoms with van der Waals surface area (Å²) in [5.41, 5.74) is -0.304. The van der Waals surface area contributed by atoms with Crippen LogP contribution in [0.1, 0.15) is 65.2 Å². The van der Waals surface area contributed by atoms with Crippen LogP contribution in [0, 0.1) is 34.5 Å². The topological polar surface area (TPSA) is 54.4 Å². The van der Waals surface area contributed by atoms with Gasteiger partial charge in [0.25, 0.3) is 0 Å². The smallest absolute Gasteiger partial charge is 0.139 e. The second-order valence-electron chi connectivity index (χ2n) is 8.98. The van der Waals surface area contributed by atoms with E-state index in [-0.39, 0.29) is 22.9 Å². The number of aliphatic hydroxyl groups is 1. The van der Waals surface area contributed by atoms with E-state index in [1.165, 1.54) is 0 Å². The predicted molar refractivity (Wildman–Crippen MR) is 83.1 cm³/mol. The zero-order valence-corrected chi connectivity index (χ0v) is 13.8. The van der Waals surface area contributed by atoms with Gasteiger partial charge in [0.1, 0.15) is 11.6 Å². The highest BCUT2D eigenvalue weighted by Gasteiger charge is 2.63. The maximum Gasteiger partial charge on any atom is 0.139 e. The van der Waals surface area contributed by atoms with E-state index < -0.39 is 0 Å². The molecular weight excluding hydrogens is 276 g/mol. The molecule has 4 fully saturated rings. The van der Waals surface area contributed by atoms with Crippen LogP contribution in [-0.2, 0) is 9.59 Å². The quantitative estimate of drug-likeness (QED) is 0.748. The van der Waals surface area contributed by atoms with E-state index in [4.69, 9.17) is 0 Å². The summed E-state index contributed by atoms with van der Waals surface area (Å²) >= 11 is 0. The monoisotopic (exact) mass is 304 g/mol. The Morgan fingerprint density at radius 3 is 2.64 bits per heavy atom. The molecule has 0 aliphatic heterocycles. The van der Waals surface area contributed by atoms with Crippen molar-refractivity contribution in [2.45, 2.75) is 71.3 Å². The SMILES string of the molecule is C[C@]12CC[C@H](O)C[C@@H]1CC[C@H]1[C@H]2C(=O)C[C@]2(C)C(=O)CC[C@H]12. The lowest BCUT2D eigenvalue weighted by atomic mass is 9.45. The number of aliphatic hydroxyl groups excluding tert-OH is 1. The van der Waals surface area contributed by atoms with Crippen LogP contribution in [0.25, 0.3) is 0 Å². The first-order chi connectivity index (χ1) is 10.4. The highest BCUT2D eigenvalue weighted by atomic mass is 16.3. The van der Waals surface area contributed by atoms with Crippen LogP contribution in [0.3, 0.4) is 0 Å². The molecule has 3 heteroatoms. The Kier molecular flexibility index (Phi) is 3.15.